The van der Waals surface area contributed by atoms with Gasteiger partial charge < -0.3 is 10.6 Å². The summed E-state index contributed by atoms with van der Waals surface area (Å²) in [5.74, 6) is -0.0855. The highest BCUT2D eigenvalue weighted by molar-refractivity contribution is 7.80. The number of hydrogen-bond acceptors (Lipinski definition) is 4. The zero-order chi connectivity index (χ0) is 22.3. The number of aromatic nitrogens is 1. The molecule has 4 rings (SSSR count). The van der Waals surface area contributed by atoms with Crippen LogP contribution >= 0.6 is 23.8 Å². The number of halogens is 1. The van der Waals surface area contributed by atoms with E-state index in [2.05, 4.69) is 15.6 Å². The van der Waals surface area contributed by atoms with E-state index >= 15 is 0 Å². The van der Waals surface area contributed by atoms with Crippen molar-refractivity contribution in [3.63, 3.8) is 0 Å². The van der Waals surface area contributed by atoms with Crippen LogP contribution in [0.4, 0.5) is 5.69 Å². The van der Waals surface area contributed by atoms with Crippen molar-refractivity contribution in [3.8, 4) is 0 Å². The van der Waals surface area contributed by atoms with Gasteiger partial charge in [-0.3, -0.25) is 14.7 Å². The number of nitrogens with one attached hydrogen (secondary N) is 2. The number of benzene rings is 2. The van der Waals surface area contributed by atoms with Crippen LogP contribution in [0.1, 0.15) is 18.4 Å². The topological polar surface area (TPSA) is 57.3 Å². The van der Waals surface area contributed by atoms with Crippen LogP contribution in [-0.4, -0.2) is 34.0 Å². The number of thiocarbonyl (C=S) groups is 1. The lowest BCUT2D eigenvalue weighted by Gasteiger charge is -2.14. The molecular weight excluding hydrogens is 440 g/mol. The first-order valence-corrected chi connectivity index (χ1v) is 11.2. The Labute approximate surface area is 197 Å². The van der Waals surface area contributed by atoms with E-state index in [-0.39, 0.29) is 5.91 Å². The molecule has 1 aliphatic heterocycles. The minimum Gasteiger partial charge on any atom is -0.384 e. The minimum atomic E-state index is -0.0855. The van der Waals surface area contributed by atoms with Crippen molar-refractivity contribution in [3.05, 3.63) is 89.2 Å². The molecule has 162 valence electrons. The van der Waals surface area contributed by atoms with Crippen molar-refractivity contribution in [2.75, 3.05) is 18.4 Å². The molecule has 2 aromatic carbocycles. The van der Waals surface area contributed by atoms with Gasteiger partial charge >= 0.3 is 0 Å². The van der Waals surface area contributed by atoms with Crippen molar-refractivity contribution in [1.29, 1.82) is 0 Å². The Hall–Kier alpha value is -3.22. The van der Waals surface area contributed by atoms with Gasteiger partial charge in [0.2, 0.25) is 0 Å². The number of anilines is 1. The summed E-state index contributed by atoms with van der Waals surface area (Å²) in [7, 11) is 0. The molecule has 3 aromatic rings. The number of pyridine rings is 1. The molecule has 1 saturated heterocycles. The highest BCUT2D eigenvalue weighted by Crippen LogP contribution is 2.24. The number of carbonyl (C=O) groups is 1. The normalized spacial score (nSPS) is 15.2. The summed E-state index contributed by atoms with van der Waals surface area (Å²) in [6.45, 7) is 1.37. The number of fused-ring (bicyclic) bond motifs is 1. The van der Waals surface area contributed by atoms with E-state index in [4.69, 9.17) is 23.8 Å². The zero-order valence-corrected chi connectivity index (χ0v) is 19.0. The van der Waals surface area contributed by atoms with Crippen molar-refractivity contribution >= 4 is 57.5 Å². The molecule has 1 amide bonds. The van der Waals surface area contributed by atoms with E-state index in [0.717, 1.165) is 41.5 Å². The second-order valence-electron chi connectivity index (χ2n) is 7.39. The van der Waals surface area contributed by atoms with Gasteiger partial charge in [0.15, 0.2) is 5.11 Å². The molecule has 0 spiro atoms. The Bertz CT molecular complexity index is 1190. The van der Waals surface area contributed by atoms with Gasteiger partial charge in [0, 0.05) is 35.4 Å². The molecule has 2 heterocycles. The van der Waals surface area contributed by atoms with Crippen molar-refractivity contribution in [1.82, 2.24) is 15.2 Å². The second kappa shape index (κ2) is 10.4. The third-order valence-electron chi connectivity index (χ3n) is 5.14. The average molecular weight is 463 g/mol. The summed E-state index contributed by atoms with van der Waals surface area (Å²) in [5.41, 5.74) is 3.47. The smallest absolute Gasteiger partial charge is 0.276 e. The third kappa shape index (κ3) is 5.33. The Kier molecular flexibility index (Phi) is 7.14. The number of allylic oxidation sites excluding steroid dienone is 2. The quantitative estimate of drug-likeness (QED) is 0.267. The van der Waals surface area contributed by atoms with E-state index in [1.54, 1.807) is 17.2 Å². The summed E-state index contributed by atoms with van der Waals surface area (Å²) in [6.07, 6.45) is 9.09. The predicted molar refractivity (Wildman–Crippen MR) is 135 cm³/mol. The molecule has 1 aliphatic rings. The van der Waals surface area contributed by atoms with Crippen LogP contribution < -0.4 is 10.6 Å². The molecule has 0 atom stereocenters. The summed E-state index contributed by atoms with van der Waals surface area (Å²) < 4.78 is 0. The van der Waals surface area contributed by atoms with Crippen molar-refractivity contribution in [2.24, 2.45) is 0 Å². The number of carbonyl (C=O) groups excluding carboxylic acids is 1. The average Bonchev–Trinajstić information content (AvgIpc) is 3.07. The molecule has 1 fully saturated rings. The van der Waals surface area contributed by atoms with Crippen LogP contribution in [0.3, 0.4) is 0 Å². The lowest BCUT2D eigenvalue weighted by molar-refractivity contribution is -0.122. The number of hydrogen-bond donors (Lipinski definition) is 2. The zero-order valence-electron chi connectivity index (χ0n) is 17.4. The standard InChI is InChI=1S/C25H23ClN4OS/c26-19-11-12-20-21(13-15-28-23(20)17-19)27-14-4-5-16-30-24(31)22(29-25(30)32)10-6-9-18-7-2-1-3-8-18/h1-3,6-13,15,17H,4-5,14,16H2,(H,27,28)(H,29,32)/b9-6+,22-10+. The predicted octanol–water partition coefficient (Wildman–Crippen LogP) is 5.39. The first kappa shape index (κ1) is 22.0. The molecule has 0 aliphatic carbocycles. The summed E-state index contributed by atoms with van der Waals surface area (Å²) >= 11 is 11.4. The molecule has 2 N–H and O–H groups in total. The first-order valence-electron chi connectivity index (χ1n) is 10.5. The third-order valence-corrected chi connectivity index (χ3v) is 5.70. The van der Waals surface area contributed by atoms with Crippen LogP contribution in [0, 0.1) is 0 Å². The second-order valence-corrected chi connectivity index (χ2v) is 8.21. The maximum absolute atomic E-state index is 12.7. The molecule has 0 saturated carbocycles. The van der Waals surface area contributed by atoms with E-state index in [0.29, 0.717) is 22.4 Å². The highest BCUT2D eigenvalue weighted by atomic mass is 35.5. The molecule has 7 heteroatoms. The molecule has 5 nitrogen and oxygen atoms in total. The minimum absolute atomic E-state index is 0.0855. The summed E-state index contributed by atoms with van der Waals surface area (Å²) in [5, 5.41) is 8.63. The first-order chi connectivity index (χ1) is 15.6. The van der Waals surface area contributed by atoms with Crippen LogP contribution in [-0.2, 0) is 4.79 Å². The van der Waals surface area contributed by atoms with Crippen molar-refractivity contribution < 1.29 is 4.79 Å². The van der Waals surface area contributed by atoms with Gasteiger partial charge in [0.1, 0.15) is 5.70 Å². The number of nitrogens with zero attached hydrogens (tertiary/aromatic N) is 2. The molecule has 1 aromatic heterocycles. The van der Waals surface area contributed by atoms with Gasteiger partial charge in [0.25, 0.3) is 5.91 Å². The maximum atomic E-state index is 12.7. The summed E-state index contributed by atoms with van der Waals surface area (Å²) in [4.78, 5) is 18.6. The van der Waals surface area contributed by atoms with Gasteiger partial charge in [0.05, 0.1) is 5.52 Å². The Morgan fingerprint density at radius 2 is 1.97 bits per heavy atom. The van der Waals surface area contributed by atoms with E-state index in [9.17, 15) is 4.79 Å². The molecule has 0 unspecified atom stereocenters. The van der Waals surface area contributed by atoms with Crippen molar-refractivity contribution in [2.45, 2.75) is 12.8 Å². The highest BCUT2D eigenvalue weighted by Gasteiger charge is 2.29. The van der Waals surface area contributed by atoms with Gasteiger partial charge in [-0.2, -0.15) is 0 Å². The van der Waals surface area contributed by atoms with Crippen LogP contribution in [0.5, 0.6) is 0 Å². The number of rotatable bonds is 8. The maximum Gasteiger partial charge on any atom is 0.276 e. The Morgan fingerprint density at radius 3 is 2.81 bits per heavy atom. The van der Waals surface area contributed by atoms with Crippen LogP contribution in [0.15, 0.2) is 78.6 Å². The summed E-state index contributed by atoms with van der Waals surface area (Å²) in [6, 6.07) is 17.6. The largest absolute Gasteiger partial charge is 0.384 e. The van der Waals surface area contributed by atoms with Gasteiger partial charge in [-0.25, -0.2) is 0 Å². The van der Waals surface area contributed by atoms with Crippen LogP contribution in [0.25, 0.3) is 17.0 Å². The van der Waals surface area contributed by atoms with E-state index in [1.807, 2.05) is 66.7 Å². The number of amides is 1. The fourth-order valence-electron chi connectivity index (χ4n) is 3.50. The fraction of sp³-hybridized carbons (Fsp3) is 0.160. The molecule has 0 radical (unpaired) electrons. The molecule has 0 bridgehead atoms. The van der Waals surface area contributed by atoms with E-state index < -0.39 is 0 Å². The lowest BCUT2D eigenvalue weighted by Crippen LogP contribution is -2.31. The van der Waals surface area contributed by atoms with Gasteiger partial charge in [-0.05, 0) is 61.0 Å². The van der Waals surface area contributed by atoms with Gasteiger partial charge in [-0.15, -0.1) is 0 Å². The SMILES string of the molecule is O=C1/C(=C\C=C\c2ccccc2)NC(=S)N1CCCCNc1ccnc2cc(Cl)ccc12. The molecule has 32 heavy (non-hydrogen) atoms. The molecular formula is C25H23ClN4OS. The number of unbranched alkanes of at least 4 members (excludes halogenated alkanes) is 1. The monoisotopic (exact) mass is 462 g/mol. The van der Waals surface area contributed by atoms with Crippen LogP contribution in [0.2, 0.25) is 5.02 Å². The lowest BCUT2D eigenvalue weighted by atomic mass is 10.2. The fourth-order valence-corrected chi connectivity index (χ4v) is 3.95. The Balaban J connectivity index is 1.26. The van der Waals surface area contributed by atoms with Gasteiger partial charge in [-0.1, -0.05) is 54.1 Å². The Morgan fingerprint density at radius 1 is 1.12 bits per heavy atom. The van der Waals surface area contributed by atoms with E-state index in [1.165, 1.54) is 0 Å².